The Hall–Kier alpha value is -1.39. The summed E-state index contributed by atoms with van der Waals surface area (Å²) in [6.07, 6.45) is 3.89. The lowest BCUT2D eigenvalue weighted by atomic mass is 10.1. The molecule has 19 heavy (non-hydrogen) atoms. The van der Waals surface area contributed by atoms with Crippen molar-refractivity contribution in [1.82, 2.24) is 4.98 Å². The Labute approximate surface area is 118 Å². The second-order valence-electron chi connectivity index (χ2n) is 5.21. The predicted octanol–water partition coefficient (Wildman–Crippen LogP) is 2.60. The van der Waals surface area contributed by atoms with E-state index in [2.05, 4.69) is 27.4 Å². The van der Waals surface area contributed by atoms with E-state index in [4.69, 9.17) is 5.73 Å². The molecule has 4 heteroatoms. The summed E-state index contributed by atoms with van der Waals surface area (Å²) in [4.78, 5) is 8.50. The number of pyridine rings is 1. The van der Waals surface area contributed by atoms with Crippen molar-refractivity contribution >= 4 is 17.2 Å². The van der Waals surface area contributed by atoms with E-state index >= 15 is 0 Å². The van der Waals surface area contributed by atoms with Gasteiger partial charge in [0.15, 0.2) is 0 Å². The molecular weight excluding hydrogens is 254 g/mol. The lowest BCUT2D eigenvalue weighted by molar-refractivity contribution is 0.701. The van der Waals surface area contributed by atoms with Crippen LogP contribution in [0, 0.1) is 0 Å². The molecule has 1 atom stereocenters. The van der Waals surface area contributed by atoms with Crippen LogP contribution < -0.4 is 10.6 Å². The molecular formula is C15H19N3S. The number of rotatable bonds is 3. The molecule has 0 fully saturated rings. The molecule has 0 spiro atoms. The molecule has 0 bridgehead atoms. The maximum Gasteiger partial charge on any atom is 0.132 e. The van der Waals surface area contributed by atoms with Crippen LogP contribution >= 0.6 is 11.3 Å². The Balaban J connectivity index is 1.87. The van der Waals surface area contributed by atoms with Gasteiger partial charge in [-0.1, -0.05) is 6.07 Å². The molecule has 0 aliphatic carbocycles. The van der Waals surface area contributed by atoms with Crippen molar-refractivity contribution in [1.29, 1.82) is 0 Å². The molecule has 0 saturated heterocycles. The van der Waals surface area contributed by atoms with Gasteiger partial charge in [0, 0.05) is 30.2 Å². The standard InChI is InChI=1S/C15H19N3S/c1-11(16)9-12-3-2-6-17-15(12)18-7-4-14-13(10-18)5-8-19-14/h2-3,5-6,8,11H,4,7,9-10,16H2,1H3. The Morgan fingerprint density at radius 3 is 3.21 bits per heavy atom. The van der Waals surface area contributed by atoms with Crippen LogP contribution in [0.2, 0.25) is 0 Å². The number of anilines is 1. The van der Waals surface area contributed by atoms with Gasteiger partial charge in [0.05, 0.1) is 0 Å². The van der Waals surface area contributed by atoms with Crippen LogP contribution in [0.15, 0.2) is 29.8 Å². The highest BCUT2D eigenvalue weighted by molar-refractivity contribution is 7.10. The third-order valence-electron chi connectivity index (χ3n) is 3.52. The van der Waals surface area contributed by atoms with Crippen LogP contribution in [-0.2, 0) is 19.4 Å². The lowest BCUT2D eigenvalue weighted by Gasteiger charge is -2.29. The molecule has 3 nitrogen and oxygen atoms in total. The van der Waals surface area contributed by atoms with Gasteiger partial charge in [-0.25, -0.2) is 4.98 Å². The van der Waals surface area contributed by atoms with Gasteiger partial charge in [-0.2, -0.15) is 0 Å². The second kappa shape index (κ2) is 5.31. The highest BCUT2D eigenvalue weighted by Gasteiger charge is 2.20. The average molecular weight is 273 g/mol. The predicted molar refractivity (Wildman–Crippen MR) is 80.7 cm³/mol. The maximum absolute atomic E-state index is 5.94. The van der Waals surface area contributed by atoms with Crippen LogP contribution in [0.3, 0.4) is 0 Å². The number of nitrogens with two attached hydrogens (primary N) is 1. The summed E-state index contributed by atoms with van der Waals surface area (Å²) in [5.41, 5.74) is 8.65. The summed E-state index contributed by atoms with van der Waals surface area (Å²) in [5, 5.41) is 2.19. The molecule has 2 aromatic rings. The number of hydrogen-bond acceptors (Lipinski definition) is 4. The summed E-state index contributed by atoms with van der Waals surface area (Å²) in [6, 6.07) is 6.56. The Bertz CT molecular complexity index is 562. The monoisotopic (exact) mass is 273 g/mol. The third kappa shape index (κ3) is 2.65. The largest absolute Gasteiger partial charge is 0.352 e. The quantitative estimate of drug-likeness (QED) is 0.934. The number of thiophene rings is 1. The van der Waals surface area contributed by atoms with E-state index in [1.54, 1.807) is 0 Å². The summed E-state index contributed by atoms with van der Waals surface area (Å²) < 4.78 is 0. The SMILES string of the molecule is CC(N)Cc1cccnc1N1CCc2sccc2C1. The molecule has 0 aromatic carbocycles. The molecule has 100 valence electrons. The average Bonchev–Trinajstić information content (AvgIpc) is 2.86. The molecule has 0 radical (unpaired) electrons. The highest BCUT2D eigenvalue weighted by atomic mass is 32.1. The fourth-order valence-electron chi connectivity index (χ4n) is 2.65. The zero-order valence-electron chi connectivity index (χ0n) is 11.2. The minimum absolute atomic E-state index is 0.171. The van der Waals surface area contributed by atoms with Crippen molar-refractivity contribution in [3.05, 3.63) is 45.8 Å². The van der Waals surface area contributed by atoms with Gasteiger partial charge in [-0.15, -0.1) is 11.3 Å². The van der Waals surface area contributed by atoms with Gasteiger partial charge in [0.25, 0.3) is 0 Å². The Morgan fingerprint density at radius 1 is 1.47 bits per heavy atom. The number of nitrogens with zero attached hydrogens (tertiary/aromatic N) is 2. The zero-order valence-corrected chi connectivity index (χ0v) is 12.0. The van der Waals surface area contributed by atoms with Crippen molar-refractivity contribution in [2.45, 2.75) is 32.4 Å². The van der Waals surface area contributed by atoms with Crippen LogP contribution in [0.4, 0.5) is 5.82 Å². The van der Waals surface area contributed by atoms with Gasteiger partial charge >= 0.3 is 0 Å². The first-order valence-electron chi connectivity index (χ1n) is 6.73. The van der Waals surface area contributed by atoms with E-state index < -0.39 is 0 Å². The Morgan fingerprint density at radius 2 is 2.37 bits per heavy atom. The number of fused-ring (bicyclic) bond motifs is 1. The zero-order chi connectivity index (χ0) is 13.2. The topological polar surface area (TPSA) is 42.1 Å². The van der Waals surface area contributed by atoms with Crippen LogP contribution in [0.25, 0.3) is 0 Å². The summed E-state index contributed by atoms with van der Waals surface area (Å²) in [7, 11) is 0. The maximum atomic E-state index is 5.94. The number of aromatic nitrogens is 1. The molecule has 2 aromatic heterocycles. The first kappa shape index (κ1) is 12.6. The minimum atomic E-state index is 0.171. The van der Waals surface area contributed by atoms with Gasteiger partial charge < -0.3 is 10.6 Å². The van der Waals surface area contributed by atoms with Gasteiger partial charge in [0.2, 0.25) is 0 Å². The van der Waals surface area contributed by atoms with Gasteiger partial charge in [-0.05, 0) is 48.4 Å². The molecule has 3 rings (SSSR count). The van der Waals surface area contributed by atoms with Crippen molar-refractivity contribution in [2.75, 3.05) is 11.4 Å². The van der Waals surface area contributed by atoms with E-state index in [0.29, 0.717) is 0 Å². The van der Waals surface area contributed by atoms with Crippen molar-refractivity contribution in [3.63, 3.8) is 0 Å². The van der Waals surface area contributed by atoms with E-state index in [0.717, 1.165) is 31.7 Å². The summed E-state index contributed by atoms with van der Waals surface area (Å²) in [6.45, 7) is 4.07. The smallest absolute Gasteiger partial charge is 0.132 e. The second-order valence-corrected chi connectivity index (χ2v) is 6.21. The van der Waals surface area contributed by atoms with E-state index in [9.17, 15) is 0 Å². The Kier molecular flexibility index (Phi) is 3.53. The minimum Gasteiger partial charge on any atom is -0.352 e. The van der Waals surface area contributed by atoms with E-state index in [-0.39, 0.29) is 6.04 Å². The molecule has 3 heterocycles. The van der Waals surface area contributed by atoms with Crippen molar-refractivity contribution in [2.24, 2.45) is 5.73 Å². The van der Waals surface area contributed by atoms with Crippen LogP contribution in [-0.4, -0.2) is 17.6 Å². The van der Waals surface area contributed by atoms with Crippen LogP contribution in [0.5, 0.6) is 0 Å². The van der Waals surface area contributed by atoms with Gasteiger partial charge in [-0.3, -0.25) is 0 Å². The molecule has 1 aliphatic rings. The molecule has 0 saturated carbocycles. The fourth-order valence-corrected chi connectivity index (χ4v) is 3.54. The normalized spacial score (nSPS) is 16.2. The number of hydrogen-bond donors (Lipinski definition) is 1. The molecule has 1 unspecified atom stereocenters. The first-order valence-corrected chi connectivity index (χ1v) is 7.61. The fraction of sp³-hybridized carbons (Fsp3) is 0.400. The van der Waals surface area contributed by atoms with Crippen molar-refractivity contribution < 1.29 is 0 Å². The van der Waals surface area contributed by atoms with Crippen LogP contribution in [0.1, 0.15) is 22.9 Å². The molecule has 0 amide bonds. The van der Waals surface area contributed by atoms with E-state index in [1.165, 1.54) is 16.0 Å². The van der Waals surface area contributed by atoms with Crippen molar-refractivity contribution in [3.8, 4) is 0 Å². The molecule has 1 aliphatic heterocycles. The van der Waals surface area contributed by atoms with Gasteiger partial charge in [0.1, 0.15) is 5.82 Å². The first-order chi connectivity index (χ1) is 9.24. The summed E-state index contributed by atoms with van der Waals surface area (Å²) >= 11 is 1.87. The summed E-state index contributed by atoms with van der Waals surface area (Å²) in [5.74, 6) is 1.11. The highest BCUT2D eigenvalue weighted by Crippen LogP contribution is 2.28. The lowest BCUT2D eigenvalue weighted by Crippen LogP contribution is -2.31. The molecule has 2 N–H and O–H groups in total. The third-order valence-corrected chi connectivity index (χ3v) is 4.54. The van der Waals surface area contributed by atoms with E-state index in [1.807, 2.05) is 30.5 Å².